The van der Waals surface area contributed by atoms with Crippen LogP contribution >= 0.6 is 11.6 Å². The summed E-state index contributed by atoms with van der Waals surface area (Å²) in [5.41, 5.74) is 2.59. The molecular weight excluding hydrogens is 589 g/mol. The second-order valence-corrected chi connectivity index (χ2v) is 12.3. The zero-order valence-corrected chi connectivity index (χ0v) is 25.5. The zero-order chi connectivity index (χ0) is 31.0. The summed E-state index contributed by atoms with van der Waals surface area (Å²) in [6.07, 6.45) is 0.206. The minimum Gasteiger partial charge on any atom is -0.355 e. The average molecular weight is 622 g/mol. The lowest BCUT2D eigenvalue weighted by Gasteiger charge is -2.34. The minimum absolute atomic E-state index is 0.0109. The Morgan fingerprint density at radius 1 is 0.884 bits per heavy atom. The largest absolute Gasteiger partial charge is 0.355 e. The van der Waals surface area contributed by atoms with Gasteiger partial charge in [-0.05, 0) is 55.3 Å². The van der Waals surface area contributed by atoms with Crippen molar-refractivity contribution in [3.63, 3.8) is 0 Å². The monoisotopic (exact) mass is 621 g/mol. The second kappa shape index (κ2) is 14.3. The lowest BCUT2D eigenvalue weighted by molar-refractivity contribution is -0.140. The molecule has 0 saturated carbocycles. The normalized spacial score (nSPS) is 11.9. The highest BCUT2D eigenvalue weighted by molar-refractivity contribution is 7.92. The van der Waals surface area contributed by atoms with Gasteiger partial charge in [-0.3, -0.25) is 13.9 Å². The van der Waals surface area contributed by atoms with E-state index in [1.165, 1.54) is 29.2 Å². The third kappa shape index (κ3) is 8.00. The van der Waals surface area contributed by atoms with Crippen molar-refractivity contribution < 1.29 is 22.4 Å². The molecule has 10 heteroatoms. The number of anilines is 1. The second-order valence-electron chi connectivity index (χ2n) is 10.0. The van der Waals surface area contributed by atoms with E-state index in [4.69, 9.17) is 11.6 Å². The molecule has 0 spiro atoms. The molecule has 0 aliphatic rings. The van der Waals surface area contributed by atoms with Crippen molar-refractivity contribution in [1.82, 2.24) is 10.2 Å². The molecule has 1 N–H and O–H groups in total. The first-order valence-corrected chi connectivity index (χ1v) is 15.6. The first kappa shape index (κ1) is 31.7. The number of rotatable bonds is 12. The maximum Gasteiger partial charge on any atom is 0.264 e. The van der Waals surface area contributed by atoms with Crippen molar-refractivity contribution in [2.24, 2.45) is 0 Å². The minimum atomic E-state index is -4.30. The molecule has 0 unspecified atom stereocenters. The Morgan fingerprint density at radius 3 is 2.16 bits per heavy atom. The summed E-state index contributed by atoms with van der Waals surface area (Å²) in [5.74, 6) is -1.71. The molecule has 2 amide bonds. The molecule has 4 aromatic carbocycles. The lowest BCUT2D eigenvalue weighted by Crippen LogP contribution is -2.53. The van der Waals surface area contributed by atoms with Gasteiger partial charge in [0.05, 0.1) is 15.6 Å². The number of nitrogens with one attached hydrogen (secondary N) is 1. The van der Waals surface area contributed by atoms with Crippen LogP contribution in [0.3, 0.4) is 0 Å². The summed E-state index contributed by atoms with van der Waals surface area (Å²) < 4.78 is 42.9. The molecule has 0 fully saturated rings. The van der Waals surface area contributed by atoms with Gasteiger partial charge in [-0.25, -0.2) is 12.8 Å². The fraction of sp³-hybridized carbons (Fsp3) is 0.212. The number of carbonyl (C=O) groups excluding carboxylic acids is 2. The summed E-state index contributed by atoms with van der Waals surface area (Å²) in [7, 11) is -4.30. The fourth-order valence-electron chi connectivity index (χ4n) is 4.74. The Balaban J connectivity index is 1.81. The number of carbonyl (C=O) groups is 2. The highest BCUT2D eigenvalue weighted by atomic mass is 35.5. The Morgan fingerprint density at radius 2 is 1.53 bits per heavy atom. The quantitative estimate of drug-likeness (QED) is 0.218. The molecule has 0 aliphatic carbocycles. The predicted molar refractivity (Wildman–Crippen MR) is 167 cm³/mol. The topological polar surface area (TPSA) is 86.8 Å². The molecule has 0 heterocycles. The van der Waals surface area contributed by atoms with Gasteiger partial charge in [0, 0.05) is 19.5 Å². The zero-order valence-electron chi connectivity index (χ0n) is 23.9. The highest BCUT2D eigenvalue weighted by Gasteiger charge is 2.34. The molecule has 224 valence electrons. The first-order chi connectivity index (χ1) is 20.6. The third-order valence-corrected chi connectivity index (χ3v) is 8.94. The number of aryl methyl sites for hydroxylation is 1. The van der Waals surface area contributed by atoms with Crippen molar-refractivity contribution in [2.75, 3.05) is 17.4 Å². The highest BCUT2D eigenvalue weighted by Crippen LogP contribution is 2.28. The number of amides is 2. The van der Waals surface area contributed by atoms with Gasteiger partial charge in [0.15, 0.2) is 0 Å². The maximum absolute atomic E-state index is 14.3. The number of sulfonamides is 1. The van der Waals surface area contributed by atoms with E-state index in [-0.39, 0.29) is 34.5 Å². The Labute approximate surface area is 257 Å². The fourth-order valence-corrected chi connectivity index (χ4v) is 6.34. The summed E-state index contributed by atoms with van der Waals surface area (Å²) in [6.45, 7) is 3.46. The van der Waals surface area contributed by atoms with Crippen LogP contribution < -0.4 is 9.62 Å². The molecule has 0 saturated heterocycles. The maximum atomic E-state index is 14.3. The van der Waals surface area contributed by atoms with Gasteiger partial charge in [0.1, 0.15) is 18.4 Å². The van der Waals surface area contributed by atoms with E-state index in [1.54, 1.807) is 25.1 Å². The van der Waals surface area contributed by atoms with E-state index < -0.39 is 34.3 Å². The van der Waals surface area contributed by atoms with Gasteiger partial charge < -0.3 is 10.2 Å². The molecule has 0 aromatic heterocycles. The van der Waals surface area contributed by atoms with Crippen LogP contribution in [0.15, 0.2) is 108 Å². The van der Waals surface area contributed by atoms with Crippen LogP contribution in [0.1, 0.15) is 23.6 Å². The number of hydrogen-bond donors (Lipinski definition) is 1. The molecule has 1 atom stereocenters. The van der Waals surface area contributed by atoms with Crippen LogP contribution in [0.4, 0.5) is 10.1 Å². The van der Waals surface area contributed by atoms with E-state index in [1.807, 2.05) is 61.5 Å². The van der Waals surface area contributed by atoms with Crippen LogP contribution in [-0.4, -0.2) is 44.3 Å². The van der Waals surface area contributed by atoms with Gasteiger partial charge in [-0.1, -0.05) is 90.0 Å². The van der Waals surface area contributed by atoms with Crippen molar-refractivity contribution in [3.05, 3.63) is 131 Å². The molecule has 0 radical (unpaired) electrons. The van der Waals surface area contributed by atoms with Crippen molar-refractivity contribution in [2.45, 2.75) is 37.8 Å². The Bertz CT molecular complexity index is 1670. The van der Waals surface area contributed by atoms with E-state index in [0.29, 0.717) is 6.54 Å². The SMILES string of the molecule is CCNC(=O)[C@H](Cc1ccccc1)N(Cc1cccc(C)c1)C(=O)CN(c1ccc(F)c(Cl)c1)S(=O)(=O)c1ccccc1. The van der Waals surface area contributed by atoms with E-state index >= 15 is 0 Å². The van der Waals surface area contributed by atoms with Gasteiger partial charge in [-0.15, -0.1) is 0 Å². The van der Waals surface area contributed by atoms with Crippen LogP contribution in [0.2, 0.25) is 5.02 Å². The number of hydrogen-bond acceptors (Lipinski definition) is 4. The van der Waals surface area contributed by atoms with E-state index in [9.17, 15) is 22.4 Å². The molecule has 4 aromatic rings. The van der Waals surface area contributed by atoms with Gasteiger partial charge in [-0.2, -0.15) is 0 Å². The predicted octanol–water partition coefficient (Wildman–Crippen LogP) is 5.76. The average Bonchev–Trinajstić information content (AvgIpc) is 3.00. The summed E-state index contributed by atoms with van der Waals surface area (Å²) in [4.78, 5) is 29.2. The smallest absolute Gasteiger partial charge is 0.264 e. The van der Waals surface area contributed by atoms with Crippen LogP contribution in [0.25, 0.3) is 0 Å². The number of nitrogens with zero attached hydrogens (tertiary/aromatic N) is 2. The number of benzene rings is 4. The summed E-state index contributed by atoms with van der Waals surface area (Å²) in [6, 6.07) is 27.0. The Kier molecular flexibility index (Phi) is 10.6. The number of halogens is 2. The molecule has 0 aliphatic heterocycles. The van der Waals surface area contributed by atoms with Gasteiger partial charge in [0.2, 0.25) is 11.8 Å². The van der Waals surface area contributed by atoms with E-state index in [2.05, 4.69) is 5.32 Å². The molecule has 0 bridgehead atoms. The van der Waals surface area contributed by atoms with Crippen molar-refractivity contribution in [3.8, 4) is 0 Å². The lowest BCUT2D eigenvalue weighted by atomic mass is 10.0. The third-order valence-electron chi connectivity index (χ3n) is 6.86. The molecule has 7 nitrogen and oxygen atoms in total. The molecule has 43 heavy (non-hydrogen) atoms. The number of likely N-dealkylation sites (N-methyl/N-ethyl adjacent to an activating group) is 1. The van der Waals surface area contributed by atoms with E-state index in [0.717, 1.165) is 27.1 Å². The van der Waals surface area contributed by atoms with Gasteiger partial charge >= 0.3 is 0 Å². The Hall–Kier alpha value is -4.21. The van der Waals surface area contributed by atoms with Crippen LogP contribution in [0, 0.1) is 12.7 Å². The van der Waals surface area contributed by atoms with Crippen LogP contribution in [0.5, 0.6) is 0 Å². The van der Waals surface area contributed by atoms with Crippen molar-refractivity contribution in [1.29, 1.82) is 0 Å². The van der Waals surface area contributed by atoms with Crippen LogP contribution in [-0.2, 0) is 32.6 Å². The van der Waals surface area contributed by atoms with Gasteiger partial charge in [0.25, 0.3) is 10.0 Å². The summed E-state index contributed by atoms with van der Waals surface area (Å²) >= 11 is 6.05. The standard InChI is InChI=1S/C33H33ClFN3O4S/c1-3-36-33(40)31(20-25-12-6-4-7-13-25)37(22-26-14-10-11-24(2)19-26)32(39)23-38(27-17-18-30(35)29(34)21-27)43(41,42)28-15-8-5-9-16-28/h4-19,21,31H,3,20,22-23H2,1-2H3,(H,36,40)/t31-/m0/s1. The first-order valence-electron chi connectivity index (χ1n) is 13.8. The molecular formula is C33H33ClFN3O4S. The molecule has 4 rings (SSSR count). The summed E-state index contributed by atoms with van der Waals surface area (Å²) in [5, 5.41) is 2.54. The van der Waals surface area contributed by atoms with Crippen molar-refractivity contribution >= 4 is 39.1 Å².